The van der Waals surface area contributed by atoms with E-state index in [9.17, 15) is 9.59 Å². The molecule has 1 aliphatic rings. The van der Waals surface area contributed by atoms with E-state index in [-0.39, 0.29) is 11.8 Å². The summed E-state index contributed by atoms with van der Waals surface area (Å²) >= 11 is 6.10. The molecule has 1 aliphatic heterocycles. The largest absolute Gasteiger partial charge is 0.496 e. The number of halogens is 1. The number of amides is 2. The van der Waals surface area contributed by atoms with Crippen molar-refractivity contribution in [2.45, 2.75) is 26.4 Å². The molecule has 2 amide bonds. The van der Waals surface area contributed by atoms with E-state index in [1.165, 1.54) is 0 Å². The van der Waals surface area contributed by atoms with Crippen molar-refractivity contribution in [1.82, 2.24) is 9.88 Å². The third-order valence-electron chi connectivity index (χ3n) is 7.95. The molecule has 0 saturated carbocycles. The lowest BCUT2D eigenvalue weighted by Crippen LogP contribution is -2.31. The molecule has 0 saturated heterocycles. The van der Waals surface area contributed by atoms with Crippen LogP contribution in [0.25, 0.3) is 11.1 Å². The normalized spacial score (nSPS) is 12.2. The van der Waals surface area contributed by atoms with Crippen LogP contribution in [-0.2, 0) is 19.5 Å². The number of fused-ring (bicyclic) bond motifs is 2. The van der Waals surface area contributed by atoms with E-state index in [1.807, 2.05) is 95.6 Å². The first-order valence-corrected chi connectivity index (χ1v) is 14.7. The number of anilines is 1. The number of nitrogens with one attached hydrogen (secondary N) is 1. The summed E-state index contributed by atoms with van der Waals surface area (Å²) in [5.74, 6) is 0.356. The Bertz CT molecular complexity index is 1830. The van der Waals surface area contributed by atoms with Gasteiger partial charge in [-0.1, -0.05) is 66.2 Å². The van der Waals surface area contributed by atoms with Crippen LogP contribution in [0.15, 0.2) is 103 Å². The molecule has 1 N–H and O–H groups in total. The summed E-state index contributed by atoms with van der Waals surface area (Å²) in [7, 11) is 1.63. The average Bonchev–Trinajstić information content (AvgIpc) is 3.34. The molecule has 43 heavy (non-hydrogen) atoms. The lowest BCUT2D eigenvalue weighted by Gasteiger charge is -2.23. The summed E-state index contributed by atoms with van der Waals surface area (Å²) in [6, 6.07) is 33.0. The van der Waals surface area contributed by atoms with Gasteiger partial charge >= 0.3 is 0 Å². The van der Waals surface area contributed by atoms with Gasteiger partial charge in [0.2, 0.25) is 0 Å². The Morgan fingerprint density at radius 2 is 1.67 bits per heavy atom. The number of hydrogen-bond acceptors (Lipinski definition) is 3. The van der Waals surface area contributed by atoms with Crippen LogP contribution in [0.1, 0.15) is 43.2 Å². The van der Waals surface area contributed by atoms with Crippen molar-refractivity contribution in [3.05, 3.63) is 142 Å². The molecule has 0 atom stereocenters. The van der Waals surface area contributed by atoms with Gasteiger partial charge in [0, 0.05) is 34.1 Å². The van der Waals surface area contributed by atoms with Crippen molar-refractivity contribution in [3.63, 3.8) is 0 Å². The van der Waals surface area contributed by atoms with Crippen LogP contribution in [0.4, 0.5) is 5.69 Å². The monoisotopic (exact) mass is 589 g/mol. The maximum atomic E-state index is 14.1. The number of carbonyl (C=O) groups excluding carboxylic acids is 2. The smallest absolute Gasteiger partial charge is 0.267 e. The molecule has 0 radical (unpaired) electrons. The Morgan fingerprint density at radius 3 is 2.49 bits per heavy atom. The van der Waals surface area contributed by atoms with Gasteiger partial charge < -0.3 is 19.5 Å². The van der Waals surface area contributed by atoms with Gasteiger partial charge in [0.25, 0.3) is 11.8 Å². The molecule has 216 valence electrons. The van der Waals surface area contributed by atoms with E-state index in [1.54, 1.807) is 12.0 Å². The fraction of sp³-hybridized carbons (Fsp3) is 0.167. The van der Waals surface area contributed by atoms with Crippen LogP contribution in [0.2, 0.25) is 5.02 Å². The van der Waals surface area contributed by atoms with Crippen LogP contribution >= 0.6 is 11.6 Å². The first-order valence-electron chi connectivity index (χ1n) is 14.3. The Morgan fingerprint density at radius 1 is 0.860 bits per heavy atom. The van der Waals surface area contributed by atoms with Gasteiger partial charge in [-0.25, -0.2) is 0 Å². The maximum Gasteiger partial charge on any atom is 0.267 e. The van der Waals surface area contributed by atoms with Gasteiger partial charge in [0.1, 0.15) is 11.4 Å². The second-order valence-electron chi connectivity index (χ2n) is 10.7. The van der Waals surface area contributed by atoms with Gasteiger partial charge in [0.05, 0.1) is 20.2 Å². The zero-order valence-corrected chi connectivity index (χ0v) is 24.9. The van der Waals surface area contributed by atoms with Crippen molar-refractivity contribution in [1.29, 1.82) is 0 Å². The molecule has 4 aromatic carbocycles. The molecule has 6 nitrogen and oxygen atoms in total. The third kappa shape index (κ3) is 5.79. The Hall–Kier alpha value is -4.81. The van der Waals surface area contributed by atoms with Crippen molar-refractivity contribution < 1.29 is 14.3 Å². The molecule has 0 fully saturated rings. The van der Waals surface area contributed by atoms with Gasteiger partial charge in [-0.2, -0.15) is 0 Å². The first kappa shape index (κ1) is 28.3. The quantitative estimate of drug-likeness (QED) is 0.216. The second kappa shape index (κ2) is 12.2. The Labute approximate surface area is 256 Å². The number of aromatic nitrogens is 1. The Balaban J connectivity index is 1.27. The van der Waals surface area contributed by atoms with Gasteiger partial charge in [-0.15, -0.1) is 0 Å². The van der Waals surface area contributed by atoms with Crippen molar-refractivity contribution >= 4 is 29.1 Å². The van der Waals surface area contributed by atoms with Crippen LogP contribution in [0, 0.1) is 6.92 Å². The molecule has 6 rings (SSSR count). The molecule has 7 heteroatoms. The maximum absolute atomic E-state index is 14.1. The molecular weight excluding hydrogens is 558 g/mol. The van der Waals surface area contributed by atoms with Gasteiger partial charge in [0.15, 0.2) is 0 Å². The predicted molar refractivity (Wildman–Crippen MR) is 171 cm³/mol. The standard InChI is InChI=1S/C36H32ClN3O3/c1-24-8-3-5-12-30(24)31-16-14-26(21-34(31)43-2)36(42)40-23-29-15-17-33(39(29)22-27-10-4-6-13-32(27)40)35(41)38-19-18-25-9-7-11-28(37)20-25/h3-17,20-21H,18-19,22-23H2,1-2H3,(H,38,41). The number of benzene rings is 4. The predicted octanol–water partition coefficient (Wildman–Crippen LogP) is 7.31. The molecule has 0 unspecified atom stereocenters. The minimum atomic E-state index is -0.151. The summed E-state index contributed by atoms with van der Waals surface area (Å²) in [5, 5.41) is 3.73. The fourth-order valence-corrected chi connectivity index (χ4v) is 5.93. The first-order chi connectivity index (χ1) is 20.9. The number of rotatable bonds is 7. The van der Waals surface area contributed by atoms with Crippen molar-refractivity contribution in [2.75, 3.05) is 18.6 Å². The third-order valence-corrected chi connectivity index (χ3v) is 8.19. The topological polar surface area (TPSA) is 63.6 Å². The van der Waals surface area contributed by atoms with E-state index in [2.05, 4.69) is 24.4 Å². The molecule has 0 bridgehead atoms. The van der Waals surface area contributed by atoms with Crippen LogP contribution in [0.5, 0.6) is 5.75 Å². The molecule has 5 aromatic rings. The van der Waals surface area contributed by atoms with Crippen LogP contribution < -0.4 is 15.0 Å². The minimum absolute atomic E-state index is 0.135. The van der Waals surface area contributed by atoms with Crippen molar-refractivity contribution in [3.8, 4) is 16.9 Å². The number of para-hydroxylation sites is 1. The molecular formula is C36H32ClN3O3. The second-order valence-corrected chi connectivity index (χ2v) is 11.1. The molecule has 1 aromatic heterocycles. The van der Waals surface area contributed by atoms with Crippen molar-refractivity contribution in [2.24, 2.45) is 0 Å². The molecule has 2 heterocycles. The number of carbonyl (C=O) groups is 2. The SMILES string of the molecule is COc1cc(C(=O)N2Cc3ccc(C(=O)NCCc4cccc(Cl)c4)n3Cc3ccccc32)ccc1-c1ccccc1C. The number of nitrogens with zero attached hydrogens (tertiary/aromatic N) is 2. The van der Waals surface area contributed by atoms with Gasteiger partial charge in [-0.05, 0) is 84.1 Å². The lowest BCUT2D eigenvalue weighted by atomic mass is 9.98. The number of ether oxygens (including phenoxy) is 1. The fourth-order valence-electron chi connectivity index (χ4n) is 5.72. The Kier molecular flexibility index (Phi) is 8.03. The summed E-state index contributed by atoms with van der Waals surface area (Å²) in [6.07, 6.45) is 0.678. The highest BCUT2D eigenvalue weighted by Gasteiger charge is 2.28. The van der Waals surface area contributed by atoms with Gasteiger partial charge in [-0.3, -0.25) is 9.59 Å². The van der Waals surface area contributed by atoms with E-state index >= 15 is 0 Å². The zero-order valence-electron chi connectivity index (χ0n) is 24.1. The van der Waals surface area contributed by atoms with E-state index in [0.717, 1.165) is 39.2 Å². The van der Waals surface area contributed by atoms with E-state index in [4.69, 9.17) is 16.3 Å². The number of methoxy groups -OCH3 is 1. The highest BCUT2D eigenvalue weighted by molar-refractivity contribution is 6.30. The number of hydrogen-bond donors (Lipinski definition) is 1. The average molecular weight is 590 g/mol. The highest BCUT2D eigenvalue weighted by atomic mass is 35.5. The summed E-state index contributed by atoms with van der Waals surface area (Å²) < 4.78 is 7.76. The zero-order chi connectivity index (χ0) is 29.9. The van der Waals surface area contributed by atoms with Crippen LogP contribution in [0.3, 0.4) is 0 Å². The molecule has 0 spiro atoms. The lowest BCUT2D eigenvalue weighted by molar-refractivity contribution is 0.0944. The highest BCUT2D eigenvalue weighted by Crippen LogP contribution is 2.35. The summed E-state index contributed by atoms with van der Waals surface area (Å²) in [5.41, 5.74) is 7.96. The summed E-state index contributed by atoms with van der Waals surface area (Å²) in [6.45, 7) is 3.36. The minimum Gasteiger partial charge on any atom is -0.496 e. The van der Waals surface area contributed by atoms with E-state index in [0.29, 0.717) is 48.1 Å². The number of aryl methyl sites for hydroxylation is 1. The van der Waals surface area contributed by atoms with Crippen LogP contribution in [-0.4, -0.2) is 30.0 Å². The summed E-state index contributed by atoms with van der Waals surface area (Å²) in [4.78, 5) is 29.2. The van der Waals surface area contributed by atoms with E-state index < -0.39 is 0 Å². The molecule has 0 aliphatic carbocycles.